The third-order valence-electron chi connectivity index (χ3n) is 3.48. The standard InChI is InChI=1S/C13H19NO4/c1-9(14-7-6-10(8-14)16-2)11-4-5-12(18-11)13(15)17-3/h4-5,9-10H,6-8H2,1-3H3. The van der Waals surface area contributed by atoms with E-state index in [0.717, 1.165) is 25.3 Å². The average Bonchev–Trinajstić information content (AvgIpc) is 3.05. The number of methoxy groups -OCH3 is 2. The van der Waals surface area contributed by atoms with Gasteiger partial charge in [-0.3, -0.25) is 4.90 Å². The van der Waals surface area contributed by atoms with Crippen molar-refractivity contribution in [1.29, 1.82) is 0 Å². The lowest BCUT2D eigenvalue weighted by atomic mass is 10.2. The van der Waals surface area contributed by atoms with Crippen LogP contribution in [0.1, 0.15) is 35.7 Å². The molecule has 0 aromatic carbocycles. The highest BCUT2D eigenvalue weighted by Crippen LogP contribution is 2.27. The minimum absolute atomic E-state index is 0.142. The molecule has 0 amide bonds. The fourth-order valence-corrected chi connectivity index (χ4v) is 2.27. The van der Waals surface area contributed by atoms with E-state index in [-0.39, 0.29) is 11.8 Å². The molecule has 0 bridgehead atoms. The maximum absolute atomic E-state index is 11.3. The van der Waals surface area contributed by atoms with E-state index in [9.17, 15) is 4.79 Å². The molecular formula is C13H19NO4. The Morgan fingerprint density at radius 3 is 2.89 bits per heavy atom. The summed E-state index contributed by atoms with van der Waals surface area (Å²) >= 11 is 0. The zero-order chi connectivity index (χ0) is 13.1. The first kappa shape index (κ1) is 13.1. The molecule has 2 atom stereocenters. The molecule has 100 valence electrons. The van der Waals surface area contributed by atoms with E-state index in [1.165, 1.54) is 7.11 Å². The van der Waals surface area contributed by atoms with Crippen LogP contribution in [0.3, 0.4) is 0 Å². The van der Waals surface area contributed by atoms with Crippen LogP contribution in [0.5, 0.6) is 0 Å². The van der Waals surface area contributed by atoms with Crippen molar-refractivity contribution in [1.82, 2.24) is 4.90 Å². The van der Waals surface area contributed by atoms with Gasteiger partial charge in [0.2, 0.25) is 5.76 Å². The highest BCUT2D eigenvalue weighted by molar-refractivity contribution is 5.86. The van der Waals surface area contributed by atoms with Gasteiger partial charge in [0.05, 0.1) is 19.3 Å². The third kappa shape index (κ3) is 2.57. The first-order chi connectivity index (χ1) is 8.65. The van der Waals surface area contributed by atoms with Crippen LogP contribution in [-0.2, 0) is 9.47 Å². The van der Waals surface area contributed by atoms with Crippen molar-refractivity contribution in [2.24, 2.45) is 0 Å². The summed E-state index contributed by atoms with van der Waals surface area (Å²) in [6.45, 7) is 3.94. The molecule has 0 N–H and O–H groups in total. The lowest BCUT2D eigenvalue weighted by molar-refractivity contribution is 0.0558. The van der Waals surface area contributed by atoms with Gasteiger partial charge in [0.25, 0.3) is 0 Å². The van der Waals surface area contributed by atoms with Crippen LogP contribution in [0, 0.1) is 0 Å². The van der Waals surface area contributed by atoms with E-state index >= 15 is 0 Å². The number of esters is 1. The maximum Gasteiger partial charge on any atom is 0.373 e. The first-order valence-electron chi connectivity index (χ1n) is 6.10. The zero-order valence-corrected chi connectivity index (χ0v) is 11.0. The van der Waals surface area contributed by atoms with Crippen LogP contribution in [0.2, 0.25) is 0 Å². The van der Waals surface area contributed by atoms with Crippen molar-refractivity contribution in [3.8, 4) is 0 Å². The molecule has 1 aromatic rings. The van der Waals surface area contributed by atoms with E-state index in [1.807, 2.05) is 6.07 Å². The molecule has 1 saturated heterocycles. The summed E-state index contributed by atoms with van der Waals surface area (Å²) in [4.78, 5) is 13.6. The minimum atomic E-state index is -0.440. The van der Waals surface area contributed by atoms with Crippen LogP contribution in [-0.4, -0.2) is 44.3 Å². The van der Waals surface area contributed by atoms with E-state index in [0.29, 0.717) is 6.10 Å². The van der Waals surface area contributed by atoms with Gasteiger partial charge in [-0.15, -0.1) is 0 Å². The Balaban J connectivity index is 2.03. The number of rotatable bonds is 4. The van der Waals surface area contributed by atoms with Crippen LogP contribution in [0.25, 0.3) is 0 Å². The van der Waals surface area contributed by atoms with Crippen LogP contribution < -0.4 is 0 Å². The van der Waals surface area contributed by atoms with Gasteiger partial charge in [0.15, 0.2) is 0 Å². The van der Waals surface area contributed by atoms with Crippen LogP contribution >= 0.6 is 0 Å². The Labute approximate surface area is 107 Å². The highest BCUT2D eigenvalue weighted by Gasteiger charge is 2.28. The summed E-state index contributed by atoms with van der Waals surface area (Å²) in [5, 5.41) is 0. The van der Waals surface area contributed by atoms with Gasteiger partial charge in [0.1, 0.15) is 5.76 Å². The maximum atomic E-state index is 11.3. The predicted octanol–water partition coefficient (Wildman–Crippen LogP) is 1.85. The highest BCUT2D eigenvalue weighted by atomic mass is 16.5. The van der Waals surface area contributed by atoms with Gasteiger partial charge >= 0.3 is 5.97 Å². The smallest absolute Gasteiger partial charge is 0.373 e. The SMILES string of the molecule is COC(=O)c1ccc(C(C)N2CCC(OC)C2)o1. The quantitative estimate of drug-likeness (QED) is 0.766. The summed E-state index contributed by atoms with van der Waals surface area (Å²) in [7, 11) is 3.08. The van der Waals surface area contributed by atoms with Crippen molar-refractivity contribution >= 4 is 5.97 Å². The predicted molar refractivity (Wildman–Crippen MR) is 65.4 cm³/mol. The van der Waals surface area contributed by atoms with Crippen molar-refractivity contribution in [3.63, 3.8) is 0 Å². The molecule has 1 aliphatic rings. The molecule has 0 radical (unpaired) electrons. The molecule has 1 aromatic heterocycles. The lowest BCUT2D eigenvalue weighted by Gasteiger charge is -2.22. The van der Waals surface area contributed by atoms with Gasteiger partial charge < -0.3 is 13.9 Å². The van der Waals surface area contributed by atoms with E-state index in [2.05, 4.69) is 16.6 Å². The molecule has 1 fully saturated rings. The lowest BCUT2D eigenvalue weighted by Crippen LogP contribution is -2.25. The van der Waals surface area contributed by atoms with E-state index in [4.69, 9.17) is 9.15 Å². The molecule has 0 spiro atoms. The second kappa shape index (κ2) is 5.54. The van der Waals surface area contributed by atoms with Gasteiger partial charge in [-0.1, -0.05) is 0 Å². The normalized spacial score (nSPS) is 22.1. The molecule has 2 rings (SSSR count). The second-order valence-electron chi connectivity index (χ2n) is 4.51. The van der Waals surface area contributed by atoms with E-state index < -0.39 is 5.97 Å². The van der Waals surface area contributed by atoms with Crippen molar-refractivity contribution < 1.29 is 18.7 Å². The molecule has 5 heteroatoms. The Bertz CT molecular complexity index is 415. The molecule has 1 aliphatic heterocycles. The Hall–Kier alpha value is -1.33. The molecular weight excluding hydrogens is 234 g/mol. The van der Waals surface area contributed by atoms with Gasteiger partial charge in [0, 0.05) is 20.2 Å². The number of hydrogen-bond donors (Lipinski definition) is 0. The topological polar surface area (TPSA) is 51.9 Å². The Morgan fingerprint density at radius 2 is 2.28 bits per heavy atom. The van der Waals surface area contributed by atoms with Crippen LogP contribution in [0.4, 0.5) is 0 Å². The molecule has 2 heterocycles. The third-order valence-corrected chi connectivity index (χ3v) is 3.48. The Morgan fingerprint density at radius 1 is 1.50 bits per heavy atom. The fourth-order valence-electron chi connectivity index (χ4n) is 2.27. The van der Waals surface area contributed by atoms with Crippen LogP contribution in [0.15, 0.2) is 16.5 Å². The monoisotopic (exact) mass is 253 g/mol. The summed E-state index contributed by atoms with van der Waals surface area (Å²) in [6, 6.07) is 3.63. The minimum Gasteiger partial charge on any atom is -0.463 e. The summed E-state index contributed by atoms with van der Waals surface area (Å²) < 4.78 is 15.5. The van der Waals surface area contributed by atoms with Crippen molar-refractivity contribution in [3.05, 3.63) is 23.7 Å². The van der Waals surface area contributed by atoms with Crippen molar-refractivity contribution in [2.45, 2.75) is 25.5 Å². The number of carbonyl (C=O) groups is 1. The molecule has 5 nitrogen and oxygen atoms in total. The van der Waals surface area contributed by atoms with Crippen molar-refractivity contribution in [2.75, 3.05) is 27.3 Å². The van der Waals surface area contributed by atoms with Gasteiger partial charge in [-0.25, -0.2) is 4.79 Å². The van der Waals surface area contributed by atoms with Gasteiger partial charge in [-0.2, -0.15) is 0 Å². The number of hydrogen-bond acceptors (Lipinski definition) is 5. The fraction of sp³-hybridized carbons (Fsp3) is 0.615. The number of furan rings is 1. The number of likely N-dealkylation sites (tertiary alicyclic amines) is 1. The largest absolute Gasteiger partial charge is 0.463 e. The Kier molecular flexibility index (Phi) is 4.04. The average molecular weight is 253 g/mol. The molecule has 0 saturated carbocycles. The molecule has 2 unspecified atom stereocenters. The molecule has 0 aliphatic carbocycles. The summed E-state index contributed by atoms with van der Waals surface area (Å²) in [5.41, 5.74) is 0. The number of carbonyl (C=O) groups excluding carboxylic acids is 1. The number of nitrogens with zero attached hydrogens (tertiary/aromatic N) is 1. The van der Waals surface area contributed by atoms with E-state index in [1.54, 1.807) is 13.2 Å². The second-order valence-corrected chi connectivity index (χ2v) is 4.51. The zero-order valence-electron chi connectivity index (χ0n) is 11.0. The number of ether oxygens (including phenoxy) is 2. The first-order valence-corrected chi connectivity index (χ1v) is 6.10. The summed E-state index contributed by atoms with van der Waals surface area (Å²) in [6.07, 6.45) is 1.33. The van der Waals surface area contributed by atoms with Gasteiger partial charge in [-0.05, 0) is 25.5 Å². The molecule has 18 heavy (non-hydrogen) atoms. The summed E-state index contributed by atoms with van der Waals surface area (Å²) in [5.74, 6) is 0.596.